The van der Waals surface area contributed by atoms with E-state index in [4.69, 9.17) is 0 Å². The van der Waals surface area contributed by atoms with Crippen LogP contribution in [0.1, 0.15) is 37.3 Å². The Bertz CT molecular complexity index is 1140. The molecule has 0 aliphatic rings. The molecular formula is C24H30N4O3S2. The fourth-order valence-electron chi connectivity index (χ4n) is 3.31. The van der Waals surface area contributed by atoms with Crippen LogP contribution in [0.3, 0.4) is 0 Å². The second kappa shape index (κ2) is 11.5. The molecule has 2 N–H and O–H groups in total. The molecule has 0 bridgehead atoms. The molecule has 9 heteroatoms. The third kappa shape index (κ3) is 7.45. The molecule has 1 atom stereocenters. The molecule has 0 fully saturated rings. The number of rotatable bonds is 11. The van der Waals surface area contributed by atoms with Crippen molar-refractivity contribution >= 4 is 27.3 Å². The van der Waals surface area contributed by atoms with Crippen LogP contribution in [0, 0.1) is 12.8 Å². The van der Waals surface area contributed by atoms with Gasteiger partial charge in [0.2, 0.25) is 15.9 Å². The van der Waals surface area contributed by atoms with E-state index in [0.29, 0.717) is 19.4 Å². The van der Waals surface area contributed by atoms with E-state index in [9.17, 15) is 13.2 Å². The first kappa shape index (κ1) is 25.0. The number of aryl methyl sites for hydroxylation is 2. The lowest BCUT2D eigenvalue weighted by molar-refractivity contribution is -0.123. The molecule has 3 rings (SSSR count). The van der Waals surface area contributed by atoms with Crippen LogP contribution in [0.4, 0.5) is 0 Å². The Labute approximate surface area is 199 Å². The van der Waals surface area contributed by atoms with Gasteiger partial charge in [0.05, 0.1) is 15.6 Å². The molecule has 1 amide bonds. The van der Waals surface area contributed by atoms with Gasteiger partial charge < -0.3 is 5.32 Å². The van der Waals surface area contributed by atoms with Crippen LogP contribution in [-0.4, -0.2) is 36.9 Å². The minimum atomic E-state index is -3.79. The Balaban J connectivity index is 1.54. The number of carbonyl (C=O) groups is 1. The molecule has 7 nitrogen and oxygen atoms in total. The van der Waals surface area contributed by atoms with Crippen LogP contribution in [-0.2, 0) is 21.2 Å². The van der Waals surface area contributed by atoms with Crippen molar-refractivity contribution in [1.29, 1.82) is 0 Å². The summed E-state index contributed by atoms with van der Waals surface area (Å²) in [6.07, 6.45) is 5.35. The van der Waals surface area contributed by atoms with Crippen LogP contribution in [0.25, 0.3) is 11.3 Å². The minimum absolute atomic E-state index is 0.156. The highest BCUT2D eigenvalue weighted by Gasteiger charge is 2.26. The molecule has 33 heavy (non-hydrogen) atoms. The number of nitrogens with one attached hydrogen (secondary N) is 2. The first-order chi connectivity index (χ1) is 15.7. The molecule has 0 aliphatic carbocycles. The molecule has 2 aromatic heterocycles. The number of carbonyl (C=O) groups excluding carboxylic acids is 1. The Hall–Kier alpha value is -2.62. The lowest BCUT2D eigenvalue weighted by Crippen LogP contribution is -2.47. The second-order valence-corrected chi connectivity index (χ2v) is 11.0. The van der Waals surface area contributed by atoms with Gasteiger partial charge in [0, 0.05) is 36.3 Å². The summed E-state index contributed by atoms with van der Waals surface area (Å²) in [5.41, 5.74) is 2.92. The molecular weight excluding hydrogens is 456 g/mol. The zero-order valence-corrected chi connectivity index (χ0v) is 20.7. The van der Waals surface area contributed by atoms with Crippen LogP contribution >= 0.6 is 11.3 Å². The Morgan fingerprint density at radius 3 is 2.45 bits per heavy atom. The van der Waals surface area contributed by atoms with Crippen LogP contribution < -0.4 is 10.0 Å². The number of thiazole rings is 1. The summed E-state index contributed by atoms with van der Waals surface area (Å²) in [6.45, 7) is 6.26. The third-order valence-electron chi connectivity index (χ3n) is 5.05. The summed E-state index contributed by atoms with van der Waals surface area (Å²) in [5.74, 6) is -0.153. The zero-order chi connectivity index (χ0) is 23.8. The number of benzene rings is 1. The predicted molar refractivity (Wildman–Crippen MR) is 131 cm³/mol. The molecule has 0 saturated carbocycles. The van der Waals surface area contributed by atoms with Crippen molar-refractivity contribution in [2.45, 2.75) is 51.0 Å². The van der Waals surface area contributed by atoms with Crippen molar-refractivity contribution in [3.05, 3.63) is 64.7 Å². The minimum Gasteiger partial charge on any atom is -0.355 e. The molecule has 1 unspecified atom stereocenters. The Morgan fingerprint density at radius 1 is 1.09 bits per heavy atom. The number of hydrogen-bond acceptors (Lipinski definition) is 6. The summed E-state index contributed by atoms with van der Waals surface area (Å²) < 4.78 is 28.1. The van der Waals surface area contributed by atoms with Gasteiger partial charge in [-0.2, -0.15) is 4.72 Å². The van der Waals surface area contributed by atoms with Crippen molar-refractivity contribution in [3.8, 4) is 11.3 Å². The van der Waals surface area contributed by atoms with Gasteiger partial charge in [-0.1, -0.05) is 31.5 Å². The molecule has 2 heterocycles. The molecule has 0 radical (unpaired) electrons. The number of nitrogens with zero attached hydrogens (tertiary/aromatic N) is 2. The molecule has 0 aliphatic heterocycles. The monoisotopic (exact) mass is 486 g/mol. The molecule has 1 aromatic carbocycles. The largest absolute Gasteiger partial charge is 0.355 e. The van der Waals surface area contributed by atoms with Gasteiger partial charge in [0.1, 0.15) is 6.04 Å². The highest BCUT2D eigenvalue weighted by Crippen LogP contribution is 2.21. The molecule has 176 valence electrons. The summed E-state index contributed by atoms with van der Waals surface area (Å²) in [6, 6.07) is 9.61. The van der Waals surface area contributed by atoms with Crippen LogP contribution in [0.5, 0.6) is 0 Å². The van der Waals surface area contributed by atoms with Crippen molar-refractivity contribution in [2.24, 2.45) is 5.92 Å². The second-order valence-electron chi connectivity index (χ2n) is 8.37. The molecule has 3 aromatic rings. The van der Waals surface area contributed by atoms with Gasteiger partial charge in [-0.25, -0.2) is 13.4 Å². The maximum atomic E-state index is 12.8. The Morgan fingerprint density at radius 2 is 1.79 bits per heavy atom. The quantitative estimate of drug-likeness (QED) is 0.400. The number of aromatic nitrogens is 2. The number of amides is 1. The Kier molecular flexibility index (Phi) is 8.71. The van der Waals surface area contributed by atoms with Gasteiger partial charge in [0.25, 0.3) is 0 Å². The van der Waals surface area contributed by atoms with Crippen LogP contribution in [0.2, 0.25) is 0 Å². The van der Waals surface area contributed by atoms with E-state index < -0.39 is 16.1 Å². The van der Waals surface area contributed by atoms with Gasteiger partial charge in [-0.05, 0) is 49.9 Å². The molecule has 0 spiro atoms. The lowest BCUT2D eigenvalue weighted by atomic mass is 10.0. The zero-order valence-electron chi connectivity index (χ0n) is 19.1. The highest BCUT2D eigenvalue weighted by molar-refractivity contribution is 7.89. The van der Waals surface area contributed by atoms with E-state index in [1.54, 1.807) is 48.0 Å². The SMILES string of the molecule is Cc1ccc(S(=O)(=O)NC(CC(C)C)C(=O)NCCCc2nc(-c3ccncc3)cs2)cc1. The lowest BCUT2D eigenvalue weighted by Gasteiger charge is -2.20. The summed E-state index contributed by atoms with van der Waals surface area (Å²) >= 11 is 1.59. The van der Waals surface area contributed by atoms with Crippen molar-refractivity contribution in [2.75, 3.05) is 6.54 Å². The third-order valence-corrected chi connectivity index (χ3v) is 7.44. The maximum Gasteiger partial charge on any atom is 0.241 e. The first-order valence-electron chi connectivity index (χ1n) is 11.0. The van der Waals surface area contributed by atoms with Gasteiger partial charge in [-0.3, -0.25) is 9.78 Å². The number of pyridine rings is 1. The van der Waals surface area contributed by atoms with E-state index in [1.807, 2.05) is 38.3 Å². The average molecular weight is 487 g/mol. The van der Waals surface area contributed by atoms with Gasteiger partial charge in [-0.15, -0.1) is 11.3 Å². The van der Waals surface area contributed by atoms with Crippen molar-refractivity contribution in [1.82, 2.24) is 20.0 Å². The first-order valence-corrected chi connectivity index (χ1v) is 13.3. The van der Waals surface area contributed by atoms with Crippen molar-refractivity contribution in [3.63, 3.8) is 0 Å². The fraction of sp³-hybridized carbons (Fsp3) is 0.375. The van der Waals surface area contributed by atoms with E-state index in [2.05, 4.69) is 20.0 Å². The number of sulfonamides is 1. The van der Waals surface area contributed by atoms with E-state index in [0.717, 1.165) is 28.2 Å². The topological polar surface area (TPSA) is 101 Å². The van der Waals surface area contributed by atoms with Crippen molar-refractivity contribution < 1.29 is 13.2 Å². The predicted octanol–water partition coefficient (Wildman–Crippen LogP) is 3.96. The normalized spacial score (nSPS) is 12.6. The standard InChI is InChI=1S/C24H30N4O3S2/c1-17(2)15-21(28-33(30,31)20-8-6-18(3)7-9-20)24(29)26-12-4-5-23-27-22(16-32-23)19-10-13-25-14-11-19/h6-11,13-14,16-17,21,28H,4-5,12,15H2,1-3H3,(H,26,29). The van der Waals surface area contributed by atoms with Crippen LogP contribution in [0.15, 0.2) is 59.1 Å². The summed E-state index contributed by atoms with van der Waals surface area (Å²) in [4.78, 5) is 21.6. The maximum absolute atomic E-state index is 12.8. The summed E-state index contributed by atoms with van der Waals surface area (Å²) in [5, 5.41) is 5.89. The summed E-state index contributed by atoms with van der Waals surface area (Å²) in [7, 11) is -3.79. The highest BCUT2D eigenvalue weighted by atomic mass is 32.2. The average Bonchev–Trinajstić information content (AvgIpc) is 3.25. The smallest absolute Gasteiger partial charge is 0.241 e. The fourth-order valence-corrected chi connectivity index (χ4v) is 5.37. The van der Waals surface area contributed by atoms with Gasteiger partial charge >= 0.3 is 0 Å². The van der Waals surface area contributed by atoms with E-state index in [-0.39, 0.29) is 16.7 Å². The van der Waals surface area contributed by atoms with Gasteiger partial charge in [0.15, 0.2) is 0 Å². The van der Waals surface area contributed by atoms with E-state index in [1.165, 1.54) is 0 Å². The van der Waals surface area contributed by atoms with E-state index >= 15 is 0 Å². The number of hydrogen-bond donors (Lipinski definition) is 2. The molecule has 0 saturated heterocycles.